The van der Waals surface area contributed by atoms with Gasteiger partial charge in [0, 0.05) is 24.4 Å². The molecule has 3 nitrogen and oxygen atoms in total. The Kier molecular flexibility index (Phi) is 4.96. The third kappa shape index (κ3) is 3.89. The van der Waals surface area contributed by atoms with Crippen LogP contribution >= 0.6 is 11.6 Å². The van der Waals surface area contributed by atoms with E-state index in [9.17, 15) is 0 Å². The van der Waals surface area contributed by atoms with Crippen molar-refractivity contribution in [3.63, 3.8) is 0 Å². The van der Waals surface area contributed by atoms with Crippen molar-refractivity contribution in [1.29, 1.82) is 0 Å². The fourth-order valence-electron chi connectivity index (χ4n) is 3.69. The van der Waals surface area contributed by atoms with Gasteiger partial charge in [-0.25, -0.2) is 4.98 Å². The van der Waals surface area contributed by atoms with Gasteiger partial charge in [-0.2, -0.15) is 0 Å². The summed E-state index contributed by atoms with van der Waals surface area (Å²) in [4.78, 5) is 4.97. The molecule has 1 unspecified atom stereocenters. The minimum atomic E-state index is 0.441. The Morgan fingerprint density at radius 1 is 1.15 bits per heavy atom. The molecule has 0 spiro atoms. The molecule has 0 saturated carbocycles. The molecular weight excluding hydrogens is 356 g/mol. The summed E-state index contributed by atoms with van der Waals surface area (Å²) in [6.45, 7) is 7.22. The van der Waals surface area contributed by atoms with E-state index in [1.54, 1.807) is 0 Å². The Balaban J connectivity index is 1.66. The molecular formula is C23H25ClN2O. The molecule has 27 heavy (non-hydrogen) atoms. The van der Waals surface area contributed by atoms with Gasteiger partial charge < -0.3 is 8.98 Å². The SMILES string of the molecule is Cc1ccc(CCc2nc3cc(C)c(C)cc3n2CC2C=CC(Cl)=CC2)o1. The molecule has 0 saturated heterocycles. The van der Waals surface area contributed by atoms with E-state index in [0.717, 1.165) is 53.7 Å². The van der Waals surface area contributed by atoms with Crippen molar-refractivity contribution in [3.05, 3.63) is 76.0 Å². The topological polar surface area (TPSA) is 31.0 Å². The number of benzene rings is 1. The summed E-state index contributed by atoms with van der Waals surface area (Å²) in [5.41, 5.74) is 4.89. The van der Waals surface area contributed by atoms with Gasteiger partial charge in [0.05, 0.1) is 11.0 Å². The van der Waals surface area contributed by atoms with E-state index in [-0.39, 0.29) is 0 Å². The van der Waals surface area contributed by atoms with Crippen molar-refractivity contribution in [2.75, 3.05) is 0 Å². The van der Waals surface area contributed by atoms with Crippen LogP contribution in [0.2, 0.25) is 0 Å². The number of allylic oxidation sites excluding steroid dienone is 4. The van der Waals surface area contributed by atoms with E-state index in [4.69, 9.17) is 21.0 Å². The van der Waals surface area contributed by atoms with Gasteiger partial charge >= 0.3 is 0 Å². The molecule has 4 rings (SSSR count). The highest BCUT2D eigenvalue weighted by atomic mass is 35.5. The van der Waals surface area contributed by atoms with Gasteiger partial charge in [0.2, 0.25) is 0 Å². The first-order valence-corrected chi connectivity index (χ1v) is 9.93. The first kappa shape index (κ1) is 18.1. The van der Waals surface area contributed by atoms with Gasteiger partial charge in [0.1, 0.15) is 17.3 Å². The molecule has 0 radical (unpaired) electrons. The second kappa shape index (κ2) is 7.40. The number of hydrogen-bond acceptors (Lipinski definition) is 2. The molecule has 1 atom stereocenters. The van der Waals surface area contributed by atoms with Crippen molar-refractivity contribution >= 4 is 22.6 Å². The third-order valence-electron chi connectivity index (χ3n) is 5.39. The third-order valence-corrected chi connectivity index (χ3v) is 5.67. The summed E-state index contributed by atoms with van der Waals surface area (Å²) < 4.78 is 8.14. The average molecular weight is 381 g/mol. The second-order valence-corrected chi connectivity index (χ2v) is 7.96. The number of fused-ring (bicyclic) bond motifs is 1. The zero-order chi connectivity index (χ0) is 19.0. The van der Waals surface area contributed by atoms with Gasteiger partial charge in [-0.15, -0.1) is 0 Å². The Labute approximate surface area is 165 Å². The molecule has 4 heteroatoms. The number of imidazole rings is 1. The average Bonchev–Trinajstić information content (AvgIpc) is 3.19. The van der Waals surface area contributed by atoms with Crippen molar-refractivity contribution in [3.8, 4) is 0 Å². The number of aromatic nitrogens is 2. The molecule has 0 amide bonds. The fraction of sp³-hybridized carbons (Fsp3) is 0.348. The van der Waals surface area contributed by atoms with E-state index < -0.39 is 0 Å². The van der Waals surface area contributed by atoms with Crippen LogP contribution in [-0.2, 0) is 19.4 Å². The molecule has 3 aromatic rings. The van der Waals surface area contributed by atoms with Crippen LogP contribution in [0.4, 0.5) is 0 Å². The smallest absolute Gasteiger partial charge is 0.110 e. The van der Waals surface area contributed by atoms with Gasteiger partial charge in [-0.3, -0.25) is 0 Å². The van der Waals surface area contributed by atoms with Gasteiger partial charge in [0.25, 0.3) is 0 Å². The van der Waals surface area contributed by atoms with Gasteiger partial charge in [-0.05, 0) is 74.6 Å². The summed E-state index contributed by atoms with van der Waals surface area (Å²) in [6.07, 6.45) is 9.03. The highest BCUT2D eigenvalue weighted by molar-refractivity contribution is 6.31. The lowest BCUT2D eigenvalue weighted by Gasteiger charge is -2.17. The molecule has 140 valence electrons. The minimum Gasteiger partial charge on any atom is -0.466 e. The van der Waals surface area contributed by atoms with Gasteiger partial charge in [-0.1, -0.05) is 23.8 Å². The number of hydrogen-bond donors (Lipinski definition) is 0. The molecule has 1 aromatic carbocycles. The minimum absolute atomic E-state index is 0.441. The summed E-state index contributed by atoms with van der Waals surface area (Å²) in [5.74, 6) is 3.54. The predicted octanol–water partition coefficient (Wildman–Crippen LogP) is 6.04. The summed E-state index contributed by atoms with van der Waals surface area (Å²) in [5, 5.41) is 0.835. The Morgan fingerprint density at radius 2 is 1.96 bits per heavy atom. The molecule has 1 aliphatic carbocycles. The van der Waals surface area contributed by atoms with Crippen LogP contribution in [-0.4, -0.2) is 9.55 Å². The maximum atomic E-state index is 6.09. The van der Waals surface area contributed by atoms with Crippen LogP contribution < -0.4 is 0 Å². The van der Waals surface area contributed by atoms with Crippen LogP contribution in [0, 0.1) is 26.7 Å². The van der Waals surface area contributed by atoms with Crippen LogP contribution in [0.15, 0.2) is 51.9 Å². The van der Waals surface area contributed by atoms with Crippen molar-refractivity contribution in [2.24, 2.45) is 5.92 Å². The molecule has 2 heterocycles. The van der Waals surface area contributed by atoms with Crippen molar-refractivity contribution < 1.29 is 4.42 Å². The van der Waals surface area contributed by atoms with E-state index in [1.165, 1.54) is 16.6 Å². The molecule has 0 bridgehead atoms. The van der Waals surface area contributed by atoms with E-state index in [1.807, 2.05) is 19.1 Å². The number of halogens is 1. The van der Waals surface area contributed by atoms with Crippen LogP contribution in [0.3, 0.4) is 0 Å². The van der Waals surface area contributed by atoms with E-state index >= 15 is 0 Å². The monoisotopic (exact) mass is 380 g/mol. The van der Waals surface area contributed by atoms with Crippen LogP contribution in [0.5, 0.6) is 0 Å². The predicted molar refractivity (Wildman–Crippen MR) is 111 cm³/mol. The normalized spacial score (nSPS) is 16.9. The summed E-state index contributed by atoms with van der Waals surface area (Å²) in [7, 11) is 0. The molecule has 0 aliphatic heterocycles. The fourth-order valence-corrected chi connectivity index (χ4v) is 3.85. The number of nitrogens with zero attached hydrogens (tertiary/aromatic N) is 2. The molecule has 1 aliphatic rings. The zero-order valence-electron chi connectivity index (χ0n) is 16.1. The highest BCUT2D eigenvalue weighted by Crippen LogP contribution is 2.26. The van der Waals surface area contributed by atoms with Gasteiger partial charge in [0.15, 0.2) is 0 Å². The first-order valence-electron chi connectivity index (χ1n) is 9.55. The first-order chi connectivity index (χ1) is 13.0. The van der Waals surface area contributed by atoms with E-state index in [0.29, 0.717) is 5.92 Å². The zero-order valence-corrected chi connectivity index (χ0v) is 16.9. The Bertz CT molecular complexity index is 1040. The van der Waals surface area contributed by atoms with Crippen molar-refractivity contribution in [2.45, 2.75) is 46.6 Å². The van der Waals surface area contributed by atoms with Crippen LogP contribution in [0.25, 0.3) is 11.0 Å². The number of rotatable bonds is 5. The lowest BCUT2D eigenvalue weighted by Crippen LogP contribution is -2.13. The Morgan fingerprint density at radius 3 is 2.67 bits per heavy atom. The highest BCUT2D eigenvalue weighted by Gasteiger charge is 2.17. The lowest BCUT2D eigenvalue weighted by atomic mass is 10.0. The summed E-state index contributed by atoms with van der Waals surface area (Å²) in [6, 6.07) is 8.56. The van der Waals surface area contributed by atoms with Crippen molar-refractivity contribution in [1.82, 2.24) is 9.55 Å². The lowest BCUT2D eigenvalue weighted by molar-refractivity contribution is 0.474. The largest absolute Gasteiger partial charge is 0.466 e. The maximum Gasteiger partial charge on any atom is 0.110 e. The molecule has 0 fully saturated rings. The quantitative estimate of drug-likeness (QED) is 0.540. The number of aryl methyl sites for hydroxylation is 5. The standard InChI is InChI=1S/C23H25ClN2O/c1-15-12-21-22(13-16(15)2)26(14-18-5-7-19(24)8-6-18)23(25-21)11-10-20-9-4-17(3)27-20/h4-5,7-9,12-13,18H,6,10-11,14H2,1-3H3. The summed E-state index contributed by atoms with van der Waals surface area (Å²) >= 11 is 6.09. The van der Waals surface area contributed by atoms with E-state index in [2.05, 4.69) is 48.8 Å². The Hall–Kier alpha value is -2.26. The maximum absolute atomic E-state index is 6.09. The second-order valence-electron chi connectivity index (χ2n) is 7.52. The molecule has 0 N–H and O–H groups in total. The molecule has 2 aromatic heterocycles. The number of furan rings is 1. The van der Waals surface area contributed by atoms with Crippen LogP contribution in [0.1, 0.15) is 34.9 Å².